The zero-order valence-electron chi connectivity index (χ0n) is 15.1. The van der Waals surface area contributed by atoms with Crippen molar-refractivity contribution >= 4 is 31.9 Å². The van der Waals surface area contributed by atoms with Gasteiger partial charge in [0.1, 0.15) is 5.82 Å². The highest BCUT2D eigenvalue weighted by atomic mass is 79.9. The van der Waals surface area contributed by atoms with Crippen LogP contribution in [-0.4, -0.2) is 49.7 Å². The summed E-state index contributed by atoms with van der Waals surface area (Å²) in [6.07, 6.45) is 0. The molecule has 0 aromatic heterocycles. The molecular weight excluding hydrogens is 435 g/mol. The molecule has 1 fully saturated rings. The van der Waals surface area contributed by atoms with Crippen molar-refractivity contribution in [3.05, 3.63) is 63.4 Å². The summed E-state index contributed by atoms with van der Waals surface area (Å²) >= 11 is 3.27. The Kier molecular flexibility index (Phi) is 5.69. The Morgan fingerprint density at radius 1 is 1.04 bits per heavy atom. The molecule has 1 aliphatic heterocycles. The third kappa shape index (κ3) is 4.07. The normalized spacial score (nSPS) is 15.8. The molecule has 0 aliphatic carbocycles. The lowest BCUT2D eigenvalue weighted by Crippen LogP contribution is -2.50. The molecule has 0 spiro atoms. The molecule has 8 heteroatoms. The summed E-state index contributed by atoms with van der Waals surface area (Å²) in [7, 11) is -3.61. The minimum absolute atomic E-state index is 0.203. The number of sulfonamides is 1. The first-order valence-corrected chi connectivity index (χ1v) is 10.7. The smallest absolute Gasteiger partial charge is 0.255 e. The van der Waals surface area contributed by atoms with Crippen molar-refractivity contribution in [2.24, 2.45) is 0 Å². The van der Waals surface area contributed by atoms with Crippen LogP contribution in [0.2, 0.25) is 0 Å². The molecule has 2 aromatic rings. The van der Waals surface area contributed by atoms with Crippen molar-refractivity contribution < 1.29 is 17.6 Å². The summed E-state index contributed by atoms with van der Waals surface area (Å²) in [5.41, 5.74) is 1.94. The highest BCUT2D eigenvalue weighted by Gasteiger charge is 2.31. The van der Waals surface area contributed by atoms with Gasteiger partial charge >= 0.3 is 0 Å². The summed E-state index contributed by atoms with van der Waals surface area (Å²) in [6, 6.07) is 9.20. The predicted octanol–water partition coefficient (Wildman–Crippen LogP) is 3.35. The van der Waals surface area contributed by atoms with Gasteiger partial charge in [0.25, 0.3) is 5.91 Å². The van der Waals surface area contributed by atoms with E-state index in [9.17, 15) is 17.6 Å². The number of aryl methyl sites for hydroxylation is 2. The molecule has 144 valence electrons. The number of benzene rings is 2. The molecule has 5 nitrogen and oxygen atoms in total. The van der Waals surface area contributed by atoms with E-state index in [4.69, 9.17) is 0 Å². The quantitative estimate of drug-likeness (QED) is 0.714. The number of hydrogen-bond donors (Lipinski definition) is 0. The molecule has 0 saturated carbocycles. The first-order chi connectivity index (χ1) is 12.7. The topological polar surface area (TPSA) is 57.7 Å². The van der Waals surface area contributed by atoms with E-state index in [1.807, 2.05) is 13.0 Å². The fraction of sp³-hybridized carbons (Fsp3) is 0.316. The molecule has 27 heavy (non-hydrogen) atoms. The van der Waals surface area contributed by atoms with E-state index in [0.717, 1.165) is 5.56 Å². The van der Waals surface area contributed by atoms with Gasteiger partial charge in [-0.05, 0) is 59.6 Å². The lowest BCUT2D eigenvalue weighted by Gasteiger charge is -2.34. The number of halogens is 2. The van der Waals surface area contributed by atoms with Gasteiger partial charge in [0.15, 0.2) is 0 Å². The van der Waals surface area contributed by atoms with Crippen LogP contribution in [0.3, 0.4) is 0 Å². The van der Waals surface area contributed by atoms with Gasteiger partial charge in [-0.15, -0.1) is 0 Å². The molecule has 0 unspecified atom stereocenters. The van der Waals surface area contributed by atoms with Gasteiger partial charge < -0.3 is 4.90 Å². The molecular formula is C19H20BrFN2O3S. The largest absolute Gasteiger partial charge is 0.336 e. The number of carbonyl (C=O) groups excluding carboxylic acids is 1. The lowest BCUT2D eigenvalue weighted by atomic mass is 10.2. The fourth-order valence-corrected chi connectivity index (χ4v) is 5.24. The maximum atomic E-state index is 13.5. The Balaban J connectivity index is 1.75. The van der Waals surface area contributed by atoms with E-state index in [1.54, 1.807) is 24.0 Å². The second kappa shape index (κ2) is 7.69. The summed E-state index contributed by atoms with van der Waals surface area (Å²) in [4.78, 5) is 14.5. The van der Waals surface area contributed by atoms with Crippen LogP contribution >= 0.6 is 15.9 Å². The van der Waals surface area contributed by atoms with E-state index in [1.165, 1.54) is 22.5 Å². The van der Waals surface area contributed by atoms with E-state index < -0.39 is 15.8 Å². The van der Waals surface area contributed by atoms with Gasteiger partial charge in [-0.3, -0.25) is 4.79 Å². The molecule has 1 aliphatic rings. The average molecular weight is 455 g/mol. The zero-order valence-corrected chi connectivity index (χ0v) is 17.5. The third-order valence-electron chi connectivity index (χ3n) is 4.63. The minimum Gasteiger partial charge on any atom is -0.336 e. The molecule has 1 amide bonds. The van der Waals surface area contributed by atoms with E-state index in [0.29, 0.717) is 14.9 Å². The molecule has 1 saturated heterocycles. The summed E-state index contributed by atoms with van der Waals surface area (Å²) in [5, 5.41) is 0. The molecule has 1 heterocycles. The monoisotopic (exact) mass is 454 g/mol. The Morgan fingerprint density at radius 2 is 1.70 bits per heavy atom. The van der Waals surface area contributed by atoms with Gasteiger partial charge in [0, 0.05) is 30.7 Å². The van der Waals surface area contributed by atoms with Gasteiger partial charge in [-0.2, -0.15) is 4.31 Å². The number of rotatable bonds is 3. The number of hydrogen-bond acceptors (Lipinski definition) is 3. The predicted molar refractivity (Wildman–Crippen MR) is 105 cm³/mol. The van der Waals surface area contributed by atoms with Crippen LogP contribution in [0.25, 0.3) is 0 Å². The number of amides is 1. The molecule has 2 aromatic carbocycles. The Labute approximate surface area is 167 Å². The van der Waals surface area contributed by atoms with Crippen molar-refractivity contribution in [1.29, 1.82) is 0 Å². The third-order valence-corrected chi connectivity index (χ3v) is 7.38. The summed E-state index contributed by atoms with van der Waals surface area (Å²) < 4.78 is 41.2. The maximum absolute atomic E-state index is 13.5. The first kappa shape index (κ1) is 20.0. The van der Waals surface area contributed by atoms with E-state index >= 15 is 0 Å². The maximum Gasteiger partial charge on any atom is 0.255 e. The fourth-order valence-electron chi connectivity index (χ4n) is 3.19. The van der Waals surface area contributed by atoms with Crippen LogP contribution in [0.15, 0.2) is 45.8 Å². The van der Waals surface area contributed by atoms with Crippen molar-refractivity contribution in [3.63, 3.8) is 0 Å². The van der Waals surface area contributed by atoms with Crippen LogP contribution in [0, 0.1) is 19.7 Å². The van der Waals surface area contributed by atoms with Crippen molar-refractivity contribution in [2.45, 2.75) is 18.7 Å². The molecule has 0 N–H and O–H groups in total. The van der Waals surface area contributed by atoms with Crippen molar-refractivity contribution in [2.75, 3.05) is 26.2 Å². The van der Waals surface area contributed by atoms with Crippen LogP contribution in [-0.2, 0) is 10.0 Å². The average Bonchev–Trinajstić information content (AvgIpc) is 2.63. The minimum atomic E-state index is -3.61. The Bertz CT molecular complexity index is 986. The number of carbonyl (C=O) groups is 1. The van der Waals surface area contributed by atoms with Crippen LogP contribution in [0.4, 0.5) is 4.39 Å². The van der Waals surface area contributed by atoms with Crippen molar-refractivity contribution in [1.82, 2.24) is 9.21 Å². The molecule has 0 atom stereocenters. The summed E-state index contributed by atoms with van der Waals surface area (Å²) in [6.45, 7) is 4.61. The Hall–Kier alpha value is -1.77. The van der Waals surface area contributed by atoms with Crippen LogP contribution in [0.1, 0.15) is 21.5 Å². The standard InChI is InChI=1S/C19H20BrFN2O3S/c1-13-3-6-18(14(2)11-13)27(25,26)23-9-7-22(8-10-23)19(24)16-12-15(21)4-5-17(16)20/h3-6,11-12H,7-10H2,1-2H3. The summed E-state index contributed by atoms with van der Waals surface area (Å²) in [5.74, 6) is -0.803. The highest BCUT2D eigenvalue weighted by Crippen LogP contribution is 2.24. The van der Waals surface area contributed by atoms with Crippen molar-refractivity contribution in [3.8, 4) is 0 Å². The first-order valence-electron chi connectivity index (χ1n) is 8.52. The van der Waals surface area contributed by atoms with Gasteiger partial charge in [0.2, 0.25) is 10.0 Å². The SMILES string of the molecule is Cc1ccc(S(=O)(=O)N2CCN(C(=O)c3cc(F)ccc3Br)CC2)c(C)c1. The van der Waals surface area contributed by atoms with Crippen LogP contribution < -0.4 is 0 Å². The molecule has 0 radical (unpaired) electrons. The molecule has 3 rings (SSSR count). The van der Waals surface area contributed by atoms with Gasteiger partial charge in [-0.25, -0.2) is 12.8 Å². The van der Waals surface area contributed by atoms with Crippen LogP contribution in [0.5, 0.6) is 0 Å². The van der Waals surface area contributed by atoms with E-state index in [-0.39, 0.29) is 37.6 Å². The lowest BCUT2D eigenvalue weighted by molar-refractivity contribution is 0.0696. The second-order valence-corrected chi connectivity index (χ2v) is 9.35. The van der Waals surface area contributed by atoms with Gasteiger partial charge in [0.05, 0.1) is 10.5 Å². The van der Waals surface area contributed by atoms with Gasteiger partial charge in [-0.1, -0.05) is 17.7 Å². The number of nitrogens with zero attached hydrogens (tertiary/aromatic N) is 2. The zero-order chi connectivity index (χ0) is 19.8. The highest BCUT2D eigenvalue weighted by molar-refractivity contribution is 9.10. The number of piperazine rings is 1. The van der Waals surface area contributed by atoms with E-state index in [2.05, 4.69) is 15.9 Å². The second-order valence-electron chi connectivity index (χ2n) is 6.59. The Morgan fingerprint density at radius 3 is 2.33 bits per heavy atom. The molecule has 0 bridgehead atoms.